The number of halogens is 1. The third-order valence-electron chi connectivity index (χ3n) is 2.85. The summed E-state index contributed by atoms with van der Waals surface area (Å²) in [5.41, 5.74) is -0.0126. The molecule has 0 bridgehead atoms. The number of hydrogen-bond acceptors (Lipinski definition) is 2. The molecule has 0 aliphatic carbocycles. The second-order valence-corrected chi connectivity index (χ2v) is 8.12. The molecule has 0 saturated carbocycles. The van der Waals surface area contributed by atoms with Gasteiger partial charge in [0.25, 0.3) is 10.2 Å². The van der Waals surface area contributed by atoms with E-state index in [1.165, 1.54) is 4.31 Å². The molecule has 1 rings (SSSR count). The molecule has 0 aromatic rings. The average Bonchev–Trinajstić information content (AvgIpc) is 2.09. The molecular weight excluding hydrogens is 280 g/mol. The highest BCUT2D eigenvalue weighted by Gasteiger charge is 2.39. The summed E-state index contributed by atoms with van der Waals surface area (Å²) in [4.78, 5) is 0.388. The first-order valence-corrected chi connectivity index (χ1v) is 7.31. The Labute approximate surface area is 101 Å². The number of nitrogens with zero attached hydrogens (tertiary/aromatic N) is 2. The Bertz CT molecular complexity index is 327. The number of piperidine rings is 1. The van der Waals surface area contributed by atoms with Crippen LogP contribution in [-0.4, -0.2) is 49.0 Å². The third kappa shape index (κ3) is 2.72. The molecule has 0 aromatic heterocycles. The molecule has 6 heteroatoms. The summed E-state index contributed by atoms with van der Waals surface area (Å²) < 4.78 is 26.7. The minimum absolute atomic E-state index is 0.0126. The van der Waals surface area contributed by atoms with Gasteiger partial charge >= 0.3 is 0 Å². The van der Waals surface area contributed by atoms with E-state index in [2.05, 4.69) is 29.8 Å². The quantitative estimate of drug-likeness (QED) is 0.721. The van der Waals surface area contributed by atoms with Crippen molar-refractivity contribution in [1.82, 2.24) is 8.61 Å². The lowest BCUT2D eigenvalue weighted by Gasteiger charge is -2.41. The van der Waals surface area contributed by atoms with Gasteiger partial charge in [0.05, 0.1) is 0 Å². The minimum atomic E-state index is -3.25. The second-order valence-electron chi connectivity index (χ2n) is 4.87. The molecule has 1 atom stereocenters. The van der Waals surface area contributed by atoms with Crippen LogP contribution in [0.25, 0.3) is 0 Å². The minimum Gasteiger partial charge on any atom is -0.195 e. The van der Waals surface area contributed by atoms with Crippen molar-refractivity contribution in [3.8, 4) is 0 Å². The lowest BCUT2D eigenvalue weighted by molar-refractivity contribution is 0.192. The number of hydrogen-bond donors (Lipinski definition) is 0. The highest BCUT2D eigenvalue weighted by molar-refractivity contribution is 9.09. The lowest BCUT2D eigenvalue weighted by atomic mass is 9.85. The lowest BCUT2D eigenvalue weighted by Crippen LogP contribution is -2.51. The number of alkyl halides is 1. The first kappa shape index (κ1) is 13.4. The molecule has 0 spiro atoms. The van der Waals surface area contributed by atoms with Crippen LogP contribution in [0.4, 0.5) is 0 Å². The van der Waals surface area contributed by atoms with Crippen molar-refractivity contribution in [3.63, 3.8) is 0 Å². The summed E-state index contributed by atoms with van der Waals surface area (Å²) in [5, 5.41) is 0. The van der Waals surface area contributed by atoms with Gasteiger partial charge < -0.3 is 0 Å². The normalized spacial score (nSPS) is 28.3. The zero-order valence-electron chi connectivity index (χ0n) is 9.70. The maximum atomic E-state index is 11.9. The Morgan fingerprint density at radius 1 is 1.40 bits per heavy atom. The molecule has 0 N–H and O–H groups in total. The van der Waals surface area contributed by atoms with Crippen LogP contribution in [0.2, 0.25) is 0 Å². The van der Waals surface area contributed by atoms with Crippen LogP contribution in [0.5, 0.6) is 0 Å². The summed E-state index contributed by atoms with van der Waals surface area (Å²) in [5.74, 6) is 0. The van der Waals surface area contributed by atoms with Crippen LogP contribution in [0.15, 0.2) is 0 Å². The van der Waals surface area contributed by atoms with Gasteiger partial charge in [-0.1, -0.05) is 29.8 Å². The predicted molar refractivity (Wildman–Crippen MR) is 65.3 cm³/mol. The van der Waals surface area contributed by atoms with E-state index < -0.39 is 10.2 Å². The Hall–Kier alpha value is 0.350. The maximum absolute atomic E-state index is 11.9. The van der Waals surface area contributed by atoms with Gasteiger partial charge in [-0.2, -0.15) is 17.0 Å². The molecule has 0 aromatic carbocycles. The Kier molecular flexibility index (Phi) is 3.86. The number of rotatable bonds is 2. The van der Waals surface area contributed by atoms with E-state index in [1.54, 1.807) is 18.4 Å². The molecule has 1 unspecified atom stereocenters. The van der Waals surface area contributed by atoms with E-state index in [0.717, 1.165) is 6.42 Å². The molecule has 0 amide bonds. The van der Waals surface area contributed by atoms with Gasteiger partial charge in [0, 0.05) is 32.0 Å². The van der Waals surface area contributed by atoms with Gasteiger partial charge in [-0.25, -0.2) is 0 Å². The van der Waals surface area contributed by atoms with Crippen molar-refractivity contribution in [2.24, 2.45) is 5.41 Å². The highest BCUT2D eigenvalue weighted by Crippen LogP contribution is 2.35. The zero-order chi connectivity index (χ0) is 11.9. The molecule has 1 aliphatic rings. The van der Waals surface area contributed by atoms with Crippen LogP contribution >= 0.6 is 15.9 Å². The summed E-state index contributed by atoms with van der Waals surface area (Å²) in [6.45, 7) is 5.34. The third-order valence-corrected chi connectivity index (χ3v) is 6.44. The predicted octanol–water partition coefficient (Wildman–Crippen LogP) is 1.29. The van der Waals surface area contributed by atoms with E-state index in [-0.39, 0.29) is 5.41 Å². The molecule has 0 radical (unpaired) electrons. The molecular formula is C9H19BrN2O2S. The molecule has 1 fully saturated rings. The van der Waals surface area contributed by atoms with E-state index in [0.29, 0.717) is 17.9 Å². The first-order valence-electron chi connectivity index (χ1n) is 4.99. The molecule has 1 heterocycles. The fourth-order valence-corrected chi connectivity index (χ4v) is 3.35. The average molecular weight is 299 g/mol. The van der Waals surface area contributed by atoms with E-state index in [9.17, 15) is 8.42 Å². The topological polar surface area (TPSA) is 40.6 Å². The van der Waals surface area contributed by atoms with Crippen LogP contribution in [0.1, 0.15) is 20.3 Å². The van der Waals surface area contributed by atoms with Crippen LogP contribution < -0.4 is 0 Å². The summed E-state index contributed by atoms with van der Waals surface area (Å²) in [6, 6.07) is 0. The van der Waals surface area contributed by atoms with Gasteiger partial charge in [0.1, 0.15) is 0 Å². The Balaban J connectivity index is 2.85. The first-order chi connectivity index (χ1) is 6.68. The SMILES string of the molecule is CN(C)S(=O)(=O)N1CCC(Br)C(C)(C)C1. The summed E-state index contributed by atoms with van der Waals surface area (Å²) in [6.07, 6.45) is 0.861. The monoisotopic (exact) mass is 298 g/mol. The van der Waals surface area contributed by atoms with Gasteiger partial charge in [0.15, 0.2) is 0 Å². The Morgan fingerprint density at radius 3 is 2.33 bits per heavy atom. The van der Waals surface area contributed by atoms with Gasteiger partial charge in [-0.05, 0) is 11.8 Å². The summed E-state index contributed by atoms with van der Waals surface area (Å²) >= 11 is 3.61. The van der Waals surface area contributed by atoms with Crippen LogP contribution in [0.3, 0.4) is 0 Å². The van der Waals surface area contributed by atoms with Crippen molar-refractivity contribution in [1.29, 1.82) is 0 Å². The molecule has 90 valence electrons. The van der Waals surface area contributed by atoms with Gasteiger partial charge in [0.2, 0.25) is 0 Å². The van der Waals surface area contributed by atoms with Gasteiger partial charge in [-0.3, -0.25) is 0 Å². The summed E-state index contributed by atoms with van der Waals surface area (Å²) in [7, 11) is -0.105. The van der Waals surface area contributed by atoms with Crippen molar-refractivity contribution in [3.05, 3.63) is 0 Å². The van der Waals surface area contributed by atoms with Gasteiger partial charge in [-0.15, -0.1) is 0 Å². The van der Waals surface area contributed by atoms with E-state index in [1.807, 2.05) is 0 Å². The van der Waals surface area contributed by atoms with Crippen molar-refractivity contribution in [2.75, 3.05) is 27.2 Å². The fourth-order valence-electron chi connectivity index (χ4n) is 1.71. The molecule has 1 aliphatic heterocycles. The fraction of sp³-hybridized carbons (Fsp3) is 1.00. The Morgan fingerprint density at radius 2 is 1.93 bits per heavy atom. The maximum Gasteiger partial charge on any atom is 0.281 e. The van der Waals surface area contributed by atoms with Crippen molar-refractivity contribution in [2.45, 2.75) is 25.1 Å². The van der Waals surface area contributed by atoms with E-state index in [4.69, 9.17) is 0 Å². The van der Waals surface area contributed by atoms with E-state index >= 15 is 0 Å². The smallest absolute Gasteiger partial charge is 0.195 e. The zero-order valence-corrected chi connectivity index (χ0v) is 12.1. The molecule has 15 heavy (non-hydrogen) atoms. The largest absolute Gasteiger partial charge is 0.281 e. The van der Waals surface area contributed by atoms with Crippen LogP contribution in [-0.2, 0) is 10.2 Å². The standard InChI is InChI=1S/C9H19BrN2O2S/c1-9(2)7-12(6-5-8(9)10)15(13,14)11(3)4/h8H,5-7H2,1-4H3. The van der Waals surface area contributed by atoms with Crippen molar-refractivity contribution >= 4 is 26.1 Å². The molecule has 1 saturated heterocycles. The molecule has 4 nitrogen and oxygen atoms in total. The second kappa shape index (κ2) is 4.31. The van der Waals surface area contributed by atoms with Crippen LogP contribution in [0, 0.1) is 5.41 Å². The van der Waals surface area contributed by atoms with Crippen molar-refractivity contribution < 1.29 is 8.42 Å². The highest BCUT2D eigenvalue weighted by atomic mass is 79.9.